The maximum absolute atomic E-state index is 4.86. The third-order valence-electron chi connectivity index (χ3n) is 3.15. The SMILES string of the molecule is Brc1ccc2[nH]c3cnc(-c4ccon4)cc3c2c1. The molecule has 0 amide bonds. The molecule has 0 aliphatic heterocycles. The van der Waals surface area contributed by atoms with Gasteiger partial charge in [0.15, 0.2) is 0 Å². The molecule has 0 bridgehead atoms. The van der Waals surface area contributed by atoms with Crippen LogP contribution in [-0.2, 0) is 0 Å². The summed E-state index contributed by atoms with van der Waals surface area (Å²) in [6.45, 7) is 0. The zero-order chi connectivity index (χ0) is 12.8. The molecular weight excluding hydrogens is 306 g/mol. The van der Waals surface area contributed by atoms with Crippen molar-refractivity contribution in [3.05, 3.63) is 47.3 Å². The van der Waals surface area contributed by atoms with Crippen molar-refractivity contribution in [1.29, 1.82) is 0 Å². The van der Waals surface area contributed by atoms with Gasteiger partial charge in [0.2, 0.25) is 0 Å². The number of hydrogen-bond acceptors (Lipinski definition) is 3. The zero-order valence-electron chi connectivity index (χ0n) is 9.72. The Morgan fingerprint density at radius 1 is 1.00 bits per heavy atom. The van der Waals surface area contributed by atoms with Crippen LogP contribution >= 0.6 is 15.9 Å². The molecule has 92 valence electrons. The lowest BCUT2D eigenvalue weighted by Gasteiger charge is -1.96. The van der Waals surface area contributed by atoms with Crippen LogP contribution in [-0.4, -0.2) is 15.1 Å². The first-order valence-electron chi connectivity index (χ1n) is 5.79. The zero-order valence-corrected chi connectivity index (χ0v) is 11.3. The molecule has 0 radical (unpaired) electrons. The molecule has 4 aromatic rings. The second kappa shape index (κ2) is 3.93. The lowest BCUT2D eigenvalue weighted by Crippen LogP contribution is -1.82. The topological polar surface area (TPSA) is 54.7 Å². The van der Waals surface area contributed by atoms with E-state index in [2.05, 4.69) is 43.2 Å². The minimum atomic E-state index is 0.742. The van der Waals surface area contributed by atoms with Crippen LogP contribution in [0.3, 0.4) is 0 Å². The summed E-state index contributed by atoms with van der Waals surface area (Å²) < 4.78 is 5.92. The van der Waals surface area contributed by atoms with Gasteiger partial charge in [0.25, 0.3) is 0 Å². The Balaban J connectivity index is 2.06. The average Bonchev–Trinajstić information content (AvgIpc) is 3.05. The number of fused-ring (bicyclic) bond motifs is 3. The minimum absolute atomic E-state index is 0.742. The smallest absolute Gasteiger partial charge is 0.132 e. The predicted molar refractivity (Wildman–Crippen MR) is 76.8 cm³/mol. The van der Waals surface area contributed by atoms with Crippen LogP contribution in [0.25, 0.3) is 33.2 Å². The first-order valence-corrected chi connectivity index (χ1v) is 6.58. The number of aromatic nitrogens is 3. The number of nitrogens with one attached hydrogen (secondary N) is 1. The fourth-order valence-corrected chi connectivity index (χ4v) is 2.62. The number of aromatic amines is 1. The molecule has 0 unspecified atom stereocenters. The molecular formula is C14H8BrN3O. The van der Waals surface area contributed by atoms with E-state index in [-0.39, 0.29) is 0 Å². The predicted octanol–water partition coefficient (Wildman–Crippen LogP) is 4.13. The Kier molecular flexibility index (Phi) is 2.22. The van der Waals surface area contributed by atoms with Crippen LogP contribution in [0.5, 0.6) is 0 Å². The molecule has 0 saturated carbocycles. The first-order chi connectivity index (χ1) is 9.31. The van der Waals surface area contributed by atoms with Crippen molar-refractivity contribution in [3.8, 4) is 11.4 Å². The highest BCUT2D eigenvalue weighted by Crippen LogP contribution is 2.29. The third kappa shape index (κ3) is 1.66. The van der Waals surface area contributed by atoms with Crippen LogP contribution < -0.4 is 0 Å². The summed E-state index contributed by atoms with van der Waals surface area (Å²) in [5, 5.41) is 6.21. The van der Waals surface area contributed by atoms with E-state index in [1.54, 1.807) is 12.3 Å². The van der Waals surface area contributed by atoms with Gasteiger partial charge in [0.05, 0.1) is 17.4 Å². The van der Waals surface area contributed by atoms with Crippen molar-refractivity contribution in [3.63, 3.8) is 0 Å². The molecule has 0 aliphatic rings. The lowest BCUT2D eigenvalue weighted by atomic mass is 10.1. The van der Waals surface area contributed by atoms with E-state index in [1.165, 1.54) is 0 Å². The van der Waals surface area contributed by atoms with Crippen molar-refractivity contribution in [1.82, 2.24) is 15.1 Å². The van der Waals surface area contributed by atoms with E-state index < -0.39 is 0 Å². The number of pyridine rings is 1. The van der Waals surface area contributed by atoms with Crippen LogP contribution in [0.4, 0.5) is 0 Å². The number of hydrogen-bond donors (Lipinski definition) is 1. The Labute approximate surface area is 116 Å². The number of nitrogens with zero attached hydrogens (tertiary/aromatic N) is 2. The molecule has 3 aromatic heterocycles. The second-order valence-corrected chi connectivity index (χ2v) is 5.23. The minimum Gasteiger partial charge on any atom is -0.364 e. The lowest BCUT2D eigenvalue weighted by molar-refractivity contribution is 0.422. The van der Waals surface area contributed by atoms with Crippen molar-refractivity contribution < 1.29 is 4.52 Å². The van der Waals surface area contributed by atoms with Crippen molar-refractivity contribution in [2.24, 2.45) is 0 Å². The van der Waals surface area contributed by atoms with Crippen molar-refractivity contribution >= 4 is 37.7 Å². The van der Waals surface area contributed by atoms with Gasteiger partial charge in [-0.2, -0.15) is 0 Å². The number of H-pyrrole nitrogens is 1. The van der Waals surface area contributed by atoms with E-state index in [0.717, 1.165) is 37.7 Å². The second-order valence-electron chi connectivity index (χ2n) is 4.31. The summed E-state index contributed by atoms with van der Waals surface area (Å²) in [6.07, 6.45) is 3.38. The van der Waals surface area contributed by atoms with E-state index in [4.69, 9.17) is 4.52 Å². The number of halogens is 1. The van der Waals surface area contributed by atoms with E-state index in [9.17, 15) is 0 Å². The fourth-order valence-electron chi connectivity index (χ4n) is 2.26. The van der Waals surface area contributed by atoms with Gasteiger partial charge in [0.1, 0.15) is 12.0 Å². The van der Waals surface area contributed by atoms with E-state index in [1.807, 2.05) is 18.3 Å². The Morgan fingerprint density at radius 2 is 1.89 bits per heavy atom. The summed E-state index contributed by atoms with van der Waals surface area (Å²) in [5.74, 6) is 0. The van der Waals surface area contributed by atoms with Gasteiger partial charge in [-0.1, -0.05) is 21.1 Å². The highest BCUT2D eigenvalue weighted by atomic mass is 79.9. The van der Waals surface area contributed by atoms with Gasteiger partial charge in [0, 0.05) is 26.8 Å². The van der Waals surface area contributed by atoms with E-state index >= 15 is 0 Å². The summed E-state index contributed by atoms with van der Waals surface area (Å²) in [5.41, 5.74) is 3.66. The van der Waals surface area contributed by atoms with Crippen LogP contribution in [0, 0.1) is 0 Å². The molecule has 0 atom stereocenters. The van der Waals surface area contributed by atoms with Gasteiger partial charge in [-0.3, -0.25) is 4.98 Å². The molecule has 1 aromatic carbocycles. The summed E-state index contributed by atoms with van der Waals surface area (Å²) in [4.78, 5) is 7.75. The highest BCUT2D eigenvalue weighted by Gasteiger charge is 2.09. The van der Waals surface area contributed by atoms with Gasteiger partial charge in [-0.05, 0) is 24.3 Å². The highest BCUT2D eigenvalue weighted by molar-refractivity contribution is 9.10. The molecule has 19 heavy (non-hydrogen) atoms. The molecule has 1 N–H and O–H groups in total. The van der Waals surface area contributed by atoms with Crippen molar-refractivity contribution in [2.75, 3.05) is 0 Å². The normalized spacial score (nSPS) is 11.4. The quantitative estimate of drug-likeness (QED) is 0.574. The van der Waals surface area contributed by atoms with E-state index in [0.29, 0.717) is 0 Å². The molecule has 4 nitrogen and oxygen atoms in total. The monoisotopic (exact) mass is 313 g/mol. The van der Waals surface area contributed by atoms with Crippen LogP contribution in [0.1, 0.15) is 0 Å². The molecule has 4 rings (SSSR count). The third-order valence-corrected chi connectivity index (χ3v) is 3.64. The Morgan fingerprint density at radius 3 is 2.74 bits per heavy atom. The fraction of sp³-hybridized carbons (Fsp3) is 0. The molecule has 0 fully saturated rings. The maximum atomic E-state index is 4.86. The summed E-state index contributed by atoms with van der Waals surface area (Å²) >= 11 is 3.50. The first kappa shape index (κ1) is 10.8. The maximum Gasteiger partial charge on any atom is 0.132 e. The average molecular weight is 314 g/mol. The molecule has 0 saturated heterocycles. The number of benzene rings is 1. The van der Waals surface area contributed by atoms with Crippen LogP contribution in [0.2, 0.25) is 0 Å². The van der Waals surface area contributed by atoms with Gasteiger partial charge >= 0.3 is 0 Å². The summed E-state index contributed by atoms with van der Waals surface area (Å²) in [6, 6.07) is 10.00. The molecule has 0 spiro atoms. The number of rotatable bonds is 1. The van der Waals surface area contributed by atoms with Crippen molar-refractivity contribution in [2.45, 2.75) is 0 Å². The molecule has 3 heterocycles. The molecule has 5 heteroatoms. The molecule has 0 aliphatic carbocycles. The van der Waals surface area contributed by atoms with Gasteiger partial charge in [-0.15, -0.1) is 0 Å². The Bertz CT molecular complexity index is 880. The largest absolute Gasteiger partial charge is 0.364 e. The Hall–Kier alpha value is -2.14. The van der Waals surface area contributed by atoms with Gasteiger partial charge in [-0.25, -0.2) is 0 Å². The van der Waals surface area contributed by atoms with Gasteiger partial charge < -0.3 is 9.51 Å². The standard InChI is InChI=1S/C14H8BrN3O/c15-8-1-2-11-9(5-8)10-6-13(12-3-4-19-18-12)16-7-14(10)17-11/h1-7,17H. The summed E-state index contributed by atoms with van der Waals surface area (Å²) in [7, 11) is 0. The van der Waals surface area contributed by atoms with Crippen LogP contribution in [0.15, 0.2) is 51.8 Å².